The standard InChI is InChI=1S/C13H16N4/c1-2-5-12-11(4-1)13(10-15-16-12)17-8-3-6-14-7-9-17/h1-2,4-5,10,14H,3,6-9H2. The van der Waals surface area contributed by atoms with Gasteiger partial charge in [0.2, 0.25) is 0 Å². The molecule has 0 amide bonds. The highest BCUT2D eigenvalue weighted by Crippen LogP contribution is 2.24. The van der Waals surface area contributed by atoms with Crippen LogP contribution >= 0.6 is 0 Å². The van der Waals surface area contributed by atoms with Crippen LogP contribution in [0, 0.1) is 0 Å². The summed E-state index contributed by atoms with van der Waals surface area (Å²) in [4.78, 5) is 2.40. The van der Waals surface area contributed by atoms with Crippen LogP contribution in [-0.4, -0.2) is 36.4 Å². The number of benzene rings is 1. The van der Waals surface area contributed by atoms with E-state index >= 15 is 0 Å². The monoisotopic (exact) mass is 228 g/mol. The number of nitrogens with zero attached hydrogens (tertiary/aromatic N) is 3. The molecule has 4 heteroatoms. The number of aromatic nitrogens is 2. The summed E-state index contributed by atoms with van der Waals surface area (Å²) in [5, 5.41) is 12.9. The number of hydrogen-bond donors (Lipinski definition) is 1. The second kappa shape index (κ2) is 4.67. The van der Waals surface area contributed by atoms with Crippen molar-refractivity contribution >= 4 is 16.6 Å². The SMILES string of the molecule is c1ccc2c(N3CCCNCC3)cnnc2c1. The topological polar surface area (TPSA) is 41.0 Å². The van der Waals surface area contributed by atoms with Crippen molar-refractivity contribution < 1.29 is 0 Å². The molecule has 1 aliphatic heterocycles. The molecule has 1 aromatic heterocycles. The molecule has 0 atom stereocenters. The molecule has 0 bridgehead atoms. The Morgan fingerprint density at radius 1 is 1.12 bits per heavy atom. The molecule has 0 spiro atoms. The molecule has 2 heterocycles. The van der Waals surface area contributed by atoms with Crippen molar-refractivity contribution in [3.8, 4) is 0 Å². The number of anilines is 1. The lowest BCUT2D eigenvalue weighted by Crippen LogP contribution is -2.28. The molecule has 0 radical (unpaired) electrons. The van der Waals surface area contributed by atoms with Gasteiger partial charge in [-0.15, -0.1) is 0 Å². The van der Waals surface area contributed by atoms with Crippen LogP contribution in [0.25, 0.3) is 10.9 Å². The third-order valence-electron chi connectivity index (χ3n) is 3.21. The Balaban J connectivity index is 2.03. The van der Waals surface area contributed by atoms with Crippen molar-refractivity contribution in [2.75, 3.05) is 31.1 Å². The predicted molar refractivity (Wildman–Crippen MR) is 69.2 cm³/mol. The summed E-state index contributed by atoms with van der Waals surface area (Å²) in [6.07, 6.45) is 3.06. The zero-order valence-corrected chi connectivity index (χ0v) is 9.76. The second-order valence-corrected chi connectivity index (χ2v) is 4.34. The lowest BCUT2D eigenvalue weighted by molar-refractivity contribution is 0.724. The fourth-order valence-electron chi connectivity index (χ4n) is 2.33. The summed E-state index contributed by atoms with van der Waals surface area (Å²) in [5.41, 5.74) is 2.18. The first-order chi connectivity index (χ1) is 8.45. The minimum absolute atomic E-state index is 0.974. The summed E-state index contributed by atoms with van der Waals surface area (Å²) in [7, 11) is 0. The second-order valence-electron chi connectivity index (χ2n) is 4.34. The van der Waals surface area contributed by atoms with Gasteiger partial charge in [-0.2, -0.15) is 10.2 Å². The molecule has 0 saturated carbocycles. The van der Waals surface area contributed by atoms with Crippen LogP contribution in [0.4, 0.5) is 5.69 Å². The fraction of sp³-hybridized carbons (Fsp3) is 0.385. The Hall–Kier alpha value is -1.68. The molecule has 3 rings (SSSR count). The maximum Gasteiger partial charge on any atom is 0.0950 e. The minimum atomic E-state index is 0.974. The Morgan fingerprint density at radius 2 is 2.06 bits per heavy atom. The van der Waals surface area contributed by atoms with E-state index in [-0.39, 0.29) is 0 Å². The molecular formula is C13H16N4. The molecule has 1 N–H and O–H groups in total. The van der Waals surface area contributed by atoms with Gasteiger partial charge in [-0.3, -0.25) is 0 Å². The Bertz CT molecular complexity index is 498. The van der Waals surface area contributed by atoms with Crippen LogP contribution < -0.4 is 10.2 Å². The summed E-state index contributed by atoms with van der Waals surface area (Å²) >= 11 is 0. The maximum absolute atomic E-state index is 4.17. The van der Waals surface area contributed by atoms with E-state index in [1.807, 2.05) is 18.3 Å². The zero-order chi connectivity index (χ0) is 11.5. The Morgan fingerprint density at radius 3 is 3.06 bits per heavy atom. The van der Waals surface area contributed by atoms with Crippen LogP contribution in [0.1, 0.15) is 6.42 Å². The number of fused-ring (bicyclic) bond motifs is 1. The molecule has 1 aliphatic rings. The van der Waals surface area contributed by atoms with E-state index in [4.69, 9.17) is 0 Å². The van der Waals surface area contributed by atoms with Gasteiger partial charge in [-0.05, 0) is 19.0 Å². The number of nitrogens with one attached hydrogen (secondary N) is 1. The summed E-state index contributed by atoms with van der Waals surface area (Å²) < 4.78 is 0. The molecule has 4 nitrogen and oxygen atoms in total. The first-order valence-corrected chi connectivity index (χ1v) is 6.11. The van der Waals surface area contributed by atoms with Crippen molar-refractivity contribution in [3.05, 3.63) is 30.5 Å². The Labute approximate surface area is 101 Å². The third-order valence-corrected chi connectivity index (χ3v) is 3.21. The van der Waals surface area contributed by atoms with Gasteiger partial charge in [-0.1, -0.05) is 18.2 Å². The maximum atomic E-state index is 4.17. The summed E-state index contributed by atoms with van der Waals surface area (Å²) in [6, 6.07) is 8.20. The van der Waals surface area contributed by atoms with Crippen molar-refractivity contribution in [1.82, 2.24) is 15.5 Å². The van der Waals surface area contributed by atoms with Gasteiger partial charge < -0.3 is 10.2 Å². The molecule has 0 unspecified atom stereocenters. The van der Waals surface area contributed by atoms with Crippen LogP contribution in [0.15, 0.2) is 30.5 Å². The smallest absolute Gasteiger partial charge is 0.0950 e. The number of rotatable bonds is 1. The van der Waals surface area contributed by atoms with E-state index in [0.29, 0.717) is 0 Å². The molecule has 2 aromatic rings. The zero-order valence-electron chi connectivity index (χ0n) is 9.76. The molecule has 1 fully saturated rings. The quantitative estimate of drug-likeness (QED) is 0.801. The van der Waals surface area contributed by atoms with Crippen LogP contribution in [0.3, 0.4) is 0 Å². The highest BCUT2D eigenvalue weighted by molar-refractivity contribution is 5.90. The first kappa shape index (κ1) is 10.5. The van der Waals surface area contributed by atoms with Crippen molar-refractivity contribution in [2.24, 2.45) is 0 Å². The van der Waals surface area contributed by atoms with Crippen LogP contribution in [0.5, 0.6) is 0 Å². The summed E-state index contributed by atoms with van der Waals surface area (Å²) in [6.45, 7) is 4.27. The van der Waals surface area contributed by atoms with Gasteiger partial charge in [0.15, 0.2) is 0 Å². The highest BCUT2D eigenvalue weighted by atomic mass is 15.2. The third kappa shape index (κ3) is 2.08. The van der Waals surface area contributed by atoms with E-state index < -0.39 is 0 Å². The normalized spacial score (nSPS) is 17.1. The molecular weight excluding hydrogens is 212 g/mol. The first-order valence-electron chi connectivity index (χ1n) is 6.11. The molecule has 17 heavy (non-hydrogen) atoms. The minimum Gasteiger partial charge on any atom is -0.368 e. The summed E-state index contributed by atoms with van der Waals surface area (Å²) in [5.74, 6) is 0. The largest absolute Gasteiger partial charge is 0.368 e. The van der Waals surface area contributed by atoms with E-state index in [1.165, 1.54) is 17.5 Å². The lowest BCUT2D eigenvalue weighted by atomic mass is 10.2. The van der Waals surface area contributed by atoms with E-state index in [2.05, 4.69) is 32.5 Å². The van der Waals surface area contributed by atoms with E-state index in [9.17, 15) is 0 Å². The van der Waals surface area contributed by atoms with E-state index in [0.717, 1.165) is 31.7 Å². The van der Waals surface area contributed by atoms with Gasteiger partial charge in [0.05, 0.1) is 17.4 Å². The van der Waals surface area contributed by atoms with Crippen LogP contribution in [-0.2, 0) is 0 Å². The van der Waals surface area contributed by atoms with Crippen LogP contribution in [0.2, 0.25) is 0 Å². The molecule has 1 saturated heterocycles. The van der Waals surface area contributed by atoms with Crippen molar-refractivity contribution in [2.45, 2.75) is 6.42 Å². The number of hydrogen-bond acceptors (Lipinski definition) is 4. The van der Waals surface area contributed by atoms with Gasteiger partial charge >= 0.3 is 0 Å². The molecule has 0 aliphatic carbocycles. The average molecular weight is 228 g/mol. The van der Waals surface area contributed by atoms with Crippen molar-refractivity contribution in [1.29, 1.82) is 0 Å². The average Bonchev–Trinajstić information content (AvgIpc) is 2.67. The fourth-order valence-corrected chi connectivity index (χ4v) is 2.33. The molecule has 1 aromatic carbocycles. The molecule has 88 valence electrons. The predicted octanol–water partition coefficient (Wildman–Crippen LogP) is 1.43. The lowest BCUT2D eigenvalue weighted by Gasteiger charge is -2.22. The van der Waals surface area contributed by atoms with Gasteiger partial charge in [0, 0.05) is 25.0 Å². The van der Waals surface area contributed by atoms with Gasteiger partial charge in [-0.25, -0.2) is 0 Å². The van der Waals surface area contributed by atoms with Gasteiger partial charge in [0.25, 0.3) is 0 Å². The van der Waals surface area contributed by atoms with Crippen molar-refractivity contribution in [3.63, 3.8) is 0 Å². The Kier molecular flexibility index (Phi) is 2.88. The van der Waals surface area contributed by atoms with Gasteiger partial charge in [0.1, 0.15) is 0 Å². The highest BCUT2D eigenvalue weighted by Gasteiger charge is 2.12. The van der Waals surface area contributed by atoms with E-state index in [1.54, 1.807) is 0 Å².